The number of nitrogens with one attached hydrogen (secondary N) is 1. The molecule has 3 heterocycles. The van der Waals surface area contributed by atoms with Gasteiger partial charge in [0.2, 0.25) is 0 Å². The highest BCUT2D eigenvalue weighted by atomic mass is 19.3. The van der Waals surface area contributed by atoms with Gasteiger partial charge < -0.3 is 5.32 Å². The maximum absolute atomic E-state index is 13.5. The molecule has 1 saturated heterocycles. The lowest BCUT2D eigenvalue weighted by molar-refractivity contribution is 0.0798. The maximum Gasteiger partial charge on any atom is 0.280 e. The fourth-order valence-electron chi connectivity index (χ4n) is 3.91. The summed E-state index contributed by atoms with van der Waals surface area (Å²) in [6.45, 7) is 6.78. The monoisotopic (exact) mass is 391 g/mol. The number of hydrogen-bond acceptors (Lipinski definition) is 4. The molecule has 1 aliphatic carbocycles. The quantitative estimate of drug-likeness (QED) is 0.818. The Hall–Kier alpha value is -2.09. The van der Waals surface area contributed by atoms with Gasteiger partial charge in [0.15, 0.2) is 5.65 Å². The van der Waals surface area contributed by atoms with Gasteiger partial charge in [0, 0.05) is 23.7 Å². The zero-order chi connectivity index (χ0) is 19.9. The van der Waals surface area contributed by atoms with Crippen molar-refractivity contribution in [1.82, 2.24) is 24.8 Å². The fourth-order valence-corrected chi connectivity index (χ4v) is 3.91. The standard InChI is InChI=1S/C20H27F2N5O/c1-20(2,26-8-4-3-5-9-26)12-23-19(28)14-11-24-27-16(17(21)22)10-15(13-6-7-13)25-18(14)27/h10-11,13,17H,3-9,12H2,1-2H3,(H,23,28). The number of nitrogens with zero attached hydrogens (tertiary/aromatic N) is 4. The highest BCUT2D eigenvalue weighted by Gasteiger charge is 2.31. The first-order chi connectivity index (χ1) is 13.4. The van der Waals surface area contributed by atoms with Gasteiger partial charge >= 0.3 is 0 Å². The van der Waals surface area contributed by atoms with Crippen LogP contribution in [0.15, 0.2) is 12.3 Å². The SMILES string of the molecule is CC(C)(CNC(=O)c1cnn2c(C(F)F)cc(C3CC3)nc12)N1CCCCC1. The van der Waals surface area contributed by atoms with E-state index in [0.717, 1.165) is 30.4 Å². The number of aromatic nitrogens is 3. The molecule has 2 aliphatic rings. The number of likely N-dealkylation sites (tertiary alicyclic amines) is 1. The van der Waals surface area contributed by atoms with Crippen molar-refractivity contribution >= 4 is 11.6 Å². The summed E-state index contributed by atoms with van der Waals surface area (Å²) in [7, 11) is 0. The number of halogens is 2. The minimum Gasteiger partial charge on any atom is -0.350 e. The number of piperidine rings is 1. The molecule has 2 aromatic heterocycles. The summed E-state index contributed by atoms with van der Waals surface area (Å²) in [5, 5.41) is 6.99. The van der Waals surface area contributed by atoms with Crippen LogP contribution in [0.4, 0.5) is 8.78 Å². The van der Waals surface area contributed by atoms with Crippen LogP contribution in [0.1, 0.15) is 80.0 Å². The number of amides is 1. The molecule has 1 N–H and O–H groups in total. The van der Waals surface area contributed by atoms with E-state index in [0.29, 0.717) is 12.2 Å². The lowest BCUT2D eigenvalue weighted by atomic mass is 9.98. The van der Waals surface area contributed by atoms with Crippen LogP contribution in [0.3, 0.4) is 0 Å². The Morgan fingerprint density at radius 1 is 1.29 bits per heavy atom. The van der Waals surface area contributed by atoms with Crippen molar-refractivity contribution in [3.63, 3.8) is 0 Å². The summed E-state index contributed by atoms with van der Waals surface area (Å²) in [4.78, 5) is 19.7. The van der Waals surface area contributed by atoms with Gasteiger partial charge in [-0.25, -0.2) is 18.3 Å². The average Bonchev–Trinajstić information content (AvgIpc) is 3.45. The fraction of sp³-hybridized carbons (Fsp3) is 0.650. The molecule has 0 bridgehead atoms. The smallest absolute Gasteiger partial charge is 0.280 e. The number of carbonyl (C=O) groups excluding carboxylic acids is 1. The van der Waals surface area contributed by atoms with E-state index in [4.69, 9.17) is 0 Å². The highest BCUT2D eigenvalue weighted by molar-refractivity contribution is 5.99. The van der Waals surface area contributed by atoms with Crippen molar-refractivity contribution in [3.05, 3.63) is 29.2 Å². The molecule has 1 amide bonds. The molecule has 8 heteroatoms. The summed E-state index contributed by atoms with van der Waals surface area (Å²) in [5.41, 5.74) is 0.720. The van der Waals surface area contributed by atoms with Crippen molar-refractivity contribution in [2.75, 3.05) is 19.6 Å². The van der Waals surface area contributed by atoms with Gasteiger partial charge in [-0.3, -0.25) is 9.69 Å². The van der Waals surface area contributed by atoms with E-state index < -0.39 is 6.43 Å². The van der Waals surface area contributed by atoms with E-state index in [1.54, 1.807) is 0 Å². The van der Waals surface area contributed by atoms with Gasteiger partial charge in [0.05, 0.1) is 6.20 Å². The molecule has 1 aliphatic heterocycles. The van der Waals surface area contributed by atoms with Crippen LogP contribution in [0.25, 0.3) is 5.65 Å². The summed E-state index contributed by atoms with van der Waals surface area (Å²) < 4.78 is 28.1. The lowest BCUT2D eigenvalue weighted by Gasteiger charge is -2.41. The van der Waals surface area contributed by atoms with Crippen LogP contribution in [0.5, 0.6) is 0 Å². The molecule has 2 fully saturated rings. The summed E-state index contributed by atoms with van der Waals surface area (Å²) in [5.74, 6) is -0.105. The Bertz CT molecular complexity index is 869. The zero-order valence-corrected chi connectivity index (χ0v) is 16.4. The Kier molecular flexibility index (Phi) is 5.07. The molecule has 0 radical (unpaired) electrons. The van der Waals surface area contributed by atoms with Crippen LogP contribution in [0.2, 0.25) is 0 Å². The van der Waals surface area contributed by atoms with E-state index in [-0.39, 0.29) is 34.3 Å². The lowest BCUT2D eigenvalue weighted by Crippen LogP contribution is -2.53. The van der Waals surface area contributed by atoms with Crippen molar-refractivity contribution in [2.24, 2.45) is 0 Å². The zero-order valence-electron chi connectivity index (χ0n) is 16.4. The molecule has 152 valence electrons. The summed E-state index contributed by atoms with van der Waals surface area (Å²) >= 11 is 0. The minimum atomic E-state index is -2.67. The van der Waals surface area contributed by atoms with Gasteiger partial charge in [-0.2, -0.15) is 5.10 Å². The van der Waals surface area contributed by atoms with Crippen molar-refractivity contribution in [3.8, 4) is 0 Å². The van der Waals surface area contributed by atoms with Crippen LogP contribution in [-0.2, 0) is 0 Å². The molecule has 2 aromatic rings. The second-order valence-corrected chi connectivity index (χ2v) is 8.52. The second-order valence-electron chi connectivity index (χ2n) is 8.52. The van der Waals surface area contributed by atoms with Crippen molar-refractivity contribution in [2.45, 2.75) is 63.8 Å². The van der Waals surface area contributed by atoms with Gasteiger partial charge in [0.25, 0.3) is 12.3 Å². The van der Waals surface area contributed by atoms with E-state index in [1.165, 1.54) is 31.5 Å². The molecule has 1 saturated carbocycles. The molecular formula is C20H27F2N5O. The first kappa shape index (κ1) is 19.2. The maximum atomic E-state index is 13.5. The second kappa shape index (κ2) is 7.39. The molecule has 0 aromatic carbocycles. The Labute approximate surface area is 163 Å². The Balaban J connectivity index is 1.55. The number of hydrogen-bond donors (Lipinski definition) is 1. The summed E-state index contributed by atoms with van der Waals surface area (Å²) in [6.07, 6.45) is 4.18. The largest absolute Gasteiger partial charge is 0.350 e. The molecule has 4 rings (SSSR count). The van der Waals surface area contributed by atoms with Crippen molar-refractivity contribution < 1.29 is 13.6 Å². The average molecular weight is 391 g/mol. The first-order valence-corrected chi connectivity index (χ1v) is 10.1. The number of carbonyl (C=O) groups is 1. The number of rotatable bonds is 6. The van der Waals surface area contributed by atoms with Gasteiger partial charge in [-0.1, -0.05) is 6.42 Å². The summed E-state index contributed by atoms with van der Waals surface area (Å²) in [6, 6.07) is 1.42. The number of fused-ring (bicyclic) bond motifs is 1. The van der Waals surface area contributed by atoms with E-state index in [9.17, 15) is 13.6 Å². The normalized spacial score (nSPS) is 18.8. The molecule has 0 atom stereocenters. The van der Waals surface area contributed by atoms with E-state index >= 15 is 0 Å². The topological polar surface area (TPSA) is 62.5 Å². The first-order valence-electron chi connectivity index (χ1n) is 10.1. The highest BCUT2D eigenvalue weighted by Crippen LogP contribution is 2.40. The molecule has 0 unspecified atom stereocenters. The van der Waals surface area contributed by atoms with Crippen molar-refractivity contribution in [1.29, 1.82) is 0 Å². The van der Waals surface area contributed by atoms with Gasteiger partial charge in [-0.15, -0.1) is 0 Å². The van der Waals surface area contributed by atoms with Gasteiger partial charge in [-0.05, 0) is 58.7 Å². The molecule has 28 heavy (non-hydrogen) atoms. The third kappa shape index (κ3) is 3.74. The van der Waals surface area contributed by atoms with Crippen LogP contribution >= 0.6 is 0 Å². The van der Waals surface area contributed by atoms with Crippen LogP contribution < -0.4 is 5.32 Å². The molecular weight excluding hydrogens is 364 g/mol. The third-order valence-electron chi connectivity index (χ3n) is 5.88. The minimum absolute atomic E-state index is 0.167. The van der Waals surface area contributed by atoms with Crippen LogP contribution in [0, 0.1) is 0 Å². The van der Waals surface area contributed by atoms with E-state index in [1.807, 2.05) is 0 Å². The molecule has 6 nitrogen and oxygen atoms in total. The Morgan fingerprint density at radius 3 is 2.64 bits per heavy atom. The van der Waals surface area contributed by atoms with E-state index in [2.05, 4.69) is 34.1 Å². The predicted octanol–water partition coefficient (Wildman–Crippen LogP) is 3.54. The Morgan fingerprint density at radius 2 is 2.00 bits per heavy atom. The van der Waals surface area contributed by atoms with Crippen LogP contribution in [-0.4, -0.2) is 50.6 Å². The number of alkyl halides is 2. The third-order valence-corrected chi connectivity index (χ3v) is 5.88. The molecule has 0 spiro atoms. The predicted molar refractivity (Wildman–Crippen MR) is 102 cm³/mol. The van der Waals surface area contributed by atoms with Gasteiger partial charge in [0.1, 0.15) is 11.3 Å².